The molecule has 0 aromatic heterocycles. The minimum atomic E-state index is -1.01. The molecule has 2 aromatic carbocycles. The lowest BCUT2D eigenvalue weighted by atomic mass is 10.0. The molecule has 0 saturated heterocycles. The van der Waals surface area contributed by atoms with E-state index in [-0.39, 0.29) is 12.4 Å². The molecule has 3 N–H and O–H groups in total. The largest absolute Gasteiger partial charge is 0.480 e. The predicted octanol–water partition coefficient (Wildman–Crippen LogP) is 2.44. The van der Waals surface area contributed by atoms with Crippen molar-refractivity contribution >= 4 is 17.6 Å². The van der Waals surface area contributed by atoms with E-state index in [9.17, 15) is 4.79 Å². The second-order valence-corrected chi connectivity index (χ2v) is 5.04. The molecular formula is C17H15N3O3. The van der Waals surface area contributed by atoms with E-state index in [0.717, 1.165) is 11.3 Å². The number of ether oxygens (including phenoxy) is 1. The first-order chi connectivity index (χ1) is 11.1. The van der Waals surface area contributed by atoms with Crippen molar-refractivity contribution in [3.05, 3.63) is 60.2 Å². The fourth-order valence-electron chi connectivity index (χ4n) is 2.27. The maximum Gasteiger partial charge on any atom is 0.328 e. The molecule has 3 rings (SSSR count). The average Bonchev–Trinajstić information content (AvgIpc) is 2.56. The van der Waals surface area contributed by atoms with Crippen molar-refractivity contribution in [1.29, 1.82) is 0 Å². The molecule has 1 aliphatic rings. The van der Waals surface area contributed by atoms with Crippen molar-refractivity contribution in [2.24, 2.45) is 15.7 Å². The van der Waals surface area contributed by atoms with Gasteiger partial charge in [-0.1, -0.05) is 18.2 Å². The highest BCUT2D eigenvalue weighted by Crippen LogP contribution is 2.22. The van der Waals surface area contributed by atoms with Crippen LogP contribution in [0.25, 0.3) is 0 Å². The zero-order valence-electron chi connectivity index (χ0n) is 12.2. The van der Waals surface area contributed by atoms with E-state index in [1.807, 2.05) is 54.6 Å². The topological polar surface area (TPSA) is 97.3 Å². The van der Waals surface area contributed by atoms with E-state index in [1.54, 1.807) is 0 Å². The summed E-state index contributed by atoms with van der Waals surface area (Å²) in [5.41, 5.74) is 7.01. The molecule has 0 amide bonds. The molecule has 23 heavy (non-hydrogen) atoms. The number of para-hydroxylation sites is 1. The van der Waals surface area contributed by atoms with Crippen LogP contribution in [0.3, 0.4) is 0 Å². The summed E-state index contributed by atoms with van der Waals surface area (Å²) in [4.78, 5) is 19.0. The number of rotatable bonds is 4. The Bertz CT molecular complexity index is 767. The van der Waals surface area contributed by atoms with E-state index in [4.69, 9.17) is 15.6 Å². The molecule has 1 atom stereocenters. The highest BCUT2D eigenvalue weighted by molar-refractivity contribution is 6.10. The number of nitrogens with two attached hydrogens (primary N) is 1. The standard InChI is InChI=1S/C17H15N3O3/c18-17-19-14(10-15(20-17)16(21)22)11-6-8-13(9-7-11)23-12-4-2-1-3-5-12/h1-9,15H,10H2,(H2,18,20)(H,21,22). The third-order valence-corrected chi connectivity index (χ3v) is 3.38. The van der Waals surface area contributed by atoms with Gasteiger partial charge in [0.25, 0.3) is 0 Å². The first kappa shape index (κ1) is 14.8. The maximum atomic E-state index is 11.1. The van der Waals surface area contributed by atoms with E-state index in [2.05, 4.69) is 9.98 Å². The molecule has 0 saturated carbocycles. The van der Waals surface area contributed by atoms with Crippen molar-refractivity contribution in [2.75, 3.05) is 0 Å². The number of carboxylic acid groups (broad SMARTS) is 1. The second kappa shape index (κ2) is 6.31. The van der Waals surface area contributed by atoms with Crippen LogP contribution in [0.1, 0.15) is 12.0 Å². The van der Waals surface area contributed by atoms with Crippen LogP contribution in [0.15, 0.2) is 64.6 Å². The normalized spacial score (nSPS) is 17.1. The van der Waals surface area contributed by atoms with Crippen LogP contribution >= 0.6 is 0 Å². The molecule has 1 heterocycles. The number of nitrogens with zero attached hydrogens (tertiary/aromatic N) is 2. The minimum absolute atomic E-state index is 0.0109. The molecule has 0 bridgehead atoms. The number of carbonyl (C=O) groups is 1. The van der Waals surface area contributed by atoms with Crippen LogP contribution in [-0.4, -0.2) is 28.8 Å². The first-order valence-electron chi connectivity index (χ1n) is 7.09. The van der Waals surface area contributed by atoms with Crippen molar-refractivity contribution in [2.45, 2.75) is 12.5 Å². The summed E-state index contributed by atoms with van der Waals surface area (Å²) in [5.74, 6) is 0.415. The van der Waals surface area contributed by atoms with Crippen LogP contribution < -0.4 is 10.5 Å². The molecule has 6 heteroatoms. The Balaban J connectivity index is 1.77. The Morgan fingerprint density at radius 3 is 2.39 bits per heavy atom. The van der Waals surface area contributed by atoms with Crippen LogP contribution in [0, 0.1) is 0 Å². The lowest BCUT2D eigenvalue weighted by molar-refractivity contribution is -0.138. The summed E-state index contributed by atoms with van der Waals surface area (Å²) >= 11 is 0. The van der Waals surface area contributed by atoms with Gasteiger partial charge in [0.05, 0.1) is 5.71 Å². The number of guanidine groups is 1. The Kier molecular flexibility index (Phi) is 4.05. The Hall–Kier alpha value is -3.15. The molecule has 0 aliphatic carbocycles. The van der Waals surface area contributed by atoms with Crippen LogP contribution in [-0.2, 0) is 4.79 Å². The fraction of sp³-hybridized carbons (Fsp3) is 0.118. The number of hydrogen-bond donors (Lipinski definition) is 2. The SMILES string of the molecule is NC1=NC(C(=O)O)CC(c2ccc(Oc3ccccc3)cc2)=N1. The Morgan fingerprint density at radius 1 is 1.09 bits per heavy atom. The molecule has 0 radical (unpaired) electrons. The smallest absolute Gasteiger partial charge is 0.328 e. The van der Waals surface area contributed by atoms with Crippen molar-refractivity contribution < 1.29 is 14.6 Å². The quantitative estimate of drug-likeness (QED) is 0.906. The lowest BCUT2D eigenvalue weighted by Crippen LogP contribution is -2.30. The number of carboxylic acids is 1. The predicted molar refractivity (Wildman–Crippen MR) is 87.2 cm³/mol. The van der Waals surface area contributed by atoms with Gasteiger partial charge >= 0.3 is 5.97 Å². The summed E-state index contributed by atoms with van der Waals surface area (Å²) in [6.45, 7) is 0. The van der Waals surface area contributed by atoms with E-state index < -0.39 is 12.0 Å². The van der Waals surface area contributed by atoms with Crippen molar-refractivity contribution in [1.82, 2.24) is 0 Å². The van der Waals surface area contributed by atoms with Gasteiger partial charge in [-0.25, -0.2) is 14.8 Å². The van der Waals surface area contributed by atoms with Gasteiger partial charge in [0.15, 0.2) is 6.04 Å². The van der Waals surface area contributed by atoms with Gasteiger partial charge in [-0.2, -0.15) is 0 Å². The van der Waals surface area contributed by atoms with Crippen molar-refractivity contribution in [3.63, 3.8) is 0 Å². The van der Waals surface area contributed by atoms with Gasteiger partial charge < -0.3 is 15.6 Å². The number of benzene rings is 2. The van der Waals surface area contributed by atoms with Gasteiger partial charge in [0, 0.05) is 6.42 Å². The second-order valence-electron chi connectivity index (χ2n) is 5.04. The van der Waals surface area contributed by atoms with Gasteiger partial charge in [0.2, 0.25) is 5.96 Å². The molecule has 2 aromatic rings. The molecule has 1 aliphatic heterocycles. The molecule has 6 nitrogen and oxygen atoms in total. The lowest BCUT2D eigenvalue weighted by Gasteiger charge is -2.16. The first-order valence-corrected chi connectivity index (χ1v) is 7.09. The highest BCUT2D eigenvalue weighted by Gasteiger charge is 2.24. The summed E-state index contributed by atoms with van der Waals surface area (Å²) < 4.78 is 5.72. The molecule has 1 unspecified atom stereocenters. The third-order valence-electron chi connectivity index (χ3n) is 3.38. The van der Waals surface area contributed by atoms with Gasteiger partial charge in [-0.3, -0.25) is 0 Å². The Morgan fingerprint density at radius 2 is 1.74 bits per heavy atom. The number of aliphatic imine (C=N–C) groups is 2. The summed E-state index contributed by atoms with van der Waals surface area (Å²) in [6, 6.07) is 15.8. The molecule has 116 valence electrons. The van der Waals surface area contributed by atoms with Crippen LogP contribution in [0.5, 0.6) is 11.5 Å². The molecule has 0 spiro atoms. The van der Waals surface area contributed by atoms with Gasteiger partial charge in [-0.15, -0.1) is 0 Å². The van der Waals surface area contributed by atoms with Gasteiger partial charge in [-0.05, 0) is 42.0 Å². The van der Waals surface area contributed by atoms with Gasteiger partial charge in [0.1, 0.15) is 11.5 Å². The summed E-state index contributed by atoms with van der Waals surface area (Å²) in [7, 11) is 0. The summed E-state index contributed by atoms with van der Waals surface area (Å²) in [6.07, 6.45) is 0.217. The monoisotopic (exact) mass is 309 g/mol. The highest BCUT2D eigenvalue weighted by atomic mass is 16.5. The Labute approximate surface area is 133 Å². The van der Waals surface area contributed by atoms with Crippen LogP contribution in [0.2, 0.25) is 0 Å². The summed E-state index contributed by atoms with van der Waals surface area (Å²) in [5, 5.41) is 9.09. The third kappa shape index (κ3) is 3.55. The minimum Gasteiger partial charge on any atom is -0.480 e. The van der Waals surface area contributed by atoms with E-state index in [0.29, 0.717) is 11.5 Å². The molecular weight excluding hydrogens is 294 g/mol. The fourth-order valence-corrected chi connectivity index (χ4v) is 2.27. The average molecular weight is 309 g/mol. The zero-order chi connectivity index (χ0) is 16.2. The molecule has 0 fully saturated rings. The van der Waals surface area contributed by atoms with Crippen LogP contribution in [0.4, 0.5) is 0 Å². The number of hydrogen-bond acceptors (Lipinski definition) is 5. The van der Waals surface area contributed by atoms with E-state index >= 15 is 0 Å². The number of aliphatic carboxylic acids is 1. The zero-order valence-corrected chi connectivity index (χ0v) is 12.2. The van der Waals surface area contributed by atoms with E-state index in [1.165, 1.54) is 0 Å². The maximum absolute atomic E-state index is 11.1. The van der Waals surface area contributed by atoms with Crippen molar-refractivity contribution in [3.8, 4) is 11.5 Å².